The second kappa shape index (κ2) is 6.41. The molecule has 1 aromatic rings. The van der Waals surface area contributed by atoms with E-state index in [0.717, 1.165) is 18.4 Å². The number of aliphatic hydroxyl groups is 1. The SMILES string of the molecule is Cc1cccc([C@H](N)[C@H](O)C2CCCC2)c1O.Cl. The molecule has 18 heavy (non-hydrogen) atoms. The van der Waals surface area contributed by atoms with Crippen molar-refractivity contribution in [2.24, 2.45) is 11.7 Å². The van der Waals surface area contributed by atoms with Crippen LogP contribution < -0.4 is 5.73 Å². The number of hydrogen-bond donors (Lipinski definition) is 3. The van der Waals surface area contributed by atoms with E-state index in [9.17, 15) is 10.2 Å². The Morgan fingerprint density at radius 2 is 1.89 bits per heavy atom. The van der Waals surface area contributed by atoms with Gasteiger partial charge in [0.05, 0.1) is 12.1 Å². The molecular formula is C14H22ClNO2. The Hall–Kier alpha value is -0.770. The van der Waals surface area contributed by atoms with Crippen LogP contribution in [0.1, 0.15) is 42.9 Å². The molecule has 4 heteroatoms. The van der Waals surface area contributed by atoms with Crippen LogP contribution in [0.5, 0.6) is 5.75 Å². The average molecular weight is 272 g/mol. The average Bonchev–Trinajstić information content (AvgIpc) is 2.84. The molecule has 0 unspecified atom stereocenters. The van der Waals surface area contributed by atoms with Gasteiger partial charge in [0.1, 0.15) is 5.75 Å². The number of nitrogens with two attached hydrogens (primary N) is 1. The lowest BCUT2D eigenvalue weighted by Gasteiger charge is -2.25. The lowest BCUT2D eigenvalue weighted by molar-refractivity contribution is 0.0836. The number of phenols is 1. The molecule has 4 N–H and O–H groups in total. The zero-order valence-electron chi connectivity index (χ0n) is 10.7. The molecular weight excluding hydrogens is 250 g/mol. The van der Waals surface area contributed by atoms with Crippen molar-refractivity contribution in [3.63, 3.8) is 0 Å². The van der Waals surface area contributed by atoms with Crippen molar-refractivity contribution < 1.29 is 10.2 Å². The minimum Gasteiger partial charge on any atom is -0.507 e. The highest BCUT2D eigenvalue weighted by Crippen LogP contribution is 2.35. The maximum Gasteiger partial charge on any atom is 0.123 e. The van der Waals surface area contributed by atoms with E-state index in [1.165, 1.54) is 12.8 Å². The van der Waals surface area contributed by atoms with E-state index >= 15 is 0 Å². The Bertz CT molecular complexity index is 391. The highest BCUT2D eigenvalue weighted by Gasteiger charge is 2.30. The Morgan fingerprint density at radius 3 is 2.50 bits per heavy atom. The summed E-state index contributed by atoms with van der Waals surface area (Å²) in [6.07, 6.45) is 3.89. The van der Waals surface area contributed by atoms with Gasteiger partial charge in [-0.15, -0.1) is 12.4 Å². The fourth-order valence-electron chi connectivity index (χ4n) is 2.73. The third-order valence-corrected chi connectivity index (χ3v) is 3.88. The highest BCUT2D eigenvalue weighted by molar-refractivity contribution is 5.85. The van der Waals surface area contributed by atoms with Gasteiger partial charge in [-0.3, -0.25) is 0 Å². The van der Waals surface area contributed by atoms with Crippen molar-refractivity contribution in [2.45, 2.75) is 44.8 Å². The van der Waals surface area contributed by atoms with Gasteiger partial charge in [-0.05, 0) is 31.2 Å². The molecule has 0 aliphatic heterocycles. The summed E-state index contributed by atoms with van der Waals surface area (Å²) in [4.78, 5) is 0. The zero-order chi connectivity index (χ0) is 12.4. The van der Waals surface area contributed by atoms with Crippen LogP contribution in [-0.2, 0) is 0 Å². The molecule has 1 aliphatic carbocycles. The molecule has 0 bridgehead atoms. The topological polar surface area (TPSA) is 66.5 Å². The first-order valence-corrected chi connectivity index (χ1v) is 6.33. The van der Waals surface area contributed by atoms with Crippen LogP contribution in [0.2, 0.25) is 0 Å². The van der Waals surface area contributed by atoms with Crippen LogP contribution in [0.15, 0.2) is 18.2 Å². The molecule has 102 valence electrons. The number of para-hydroxylation sites is 1. The first-order valence-electron chi connectivity index (χ1n) is 6.33. The summed E-state index contributed by atoms with van der Waals surface area (Å²) in [5.74, 6) is 0.502. The Morgan fingerprint density at radius 1 is 1.28 bits per heavy atom. The van der Waals surface area contributed by atoms with Crippen LogP contribution in [0.4, 0.5) is 0 Å². The van der Waals surface area contributed by atoms with Gasteiger partial charge in [0.2, 0.25) is 0 Å². The van der Waals surface area contributed by atoms with Gasteiger partial charge in [-0.2, -0.15) is 0 Å². The normalized spacial score (nSPS) is 19.3. The van der Waals surface area contributed by atoms with Crippen LogP contribution in [0.25, 0.3) is 0 Å². The van der Waals surface area contributed by atoms with E-state index < -0.39 is 12.1 Å². The first kappa shape index (κ1) is 15.3. The van der Waals surface area contributed by atoms with E-state index in [2.05, 4.69) is 0 Å². The maximum absolute atomic E-state index is 10.3. The Kier molecular flexibility index (Phi) is 5.45. The van der Waals surface area contributed by atoms with Gasteiger partial charge in [-0.1, -0.05) is 31.0 Å². The fourth-order valence-corrected chi connectivity index (χ4v) is 2.73. The van der Waals surface area contributed by atoms with Gasteiger partial charge in [-0.25, -0.2) is 0 Å². The summed E-state index contributed by atoms with van der Waals surface area (Å²) in [6.45, 7) is 1.84. The number of aryl methyl sites for hydroxylation is 1. The van der Waals surface area contributed by atoms with Crippen molar-refractivity contribution in [1.29, 1.82) is 0 Å². The Labute approximate surface area is 114 Å². The minimum absolute atomic E-state index is 0. The predicted octanol–water partition coefficient (Wildman–Crippen LogP) is 2.67. The molecule has 1 aliphatic rings. The van der Waals surface area contributed by atoms with Gasteiger partial charge in [0, 0.05) is 5.56 Å². The fraction of sp³-hybridized carbons (Fsp3) is 0.571. The molecule has 0 radical (unpaired) electrons. The third kappa shape index (κ3) is 2.97. The van der Waals surface area contributed by atoms with Gasteiger partial charge >= 0.3 is 0 Å². The number of halogens is 1. The minimum atomic E-state index is -0.551. The van der Waals surface area contributed by atoms with Crippen molar-refractivity contribution in [3.8, 4) is 5.75 Å². The summed E-state index contributed by atoms with van der Waals surface area (Å²) in [7, 11) is 0. The van der Waals surface area contributed by atoms with Crippen molar-refractivity contribution in [2.75, 3.05) is 0 Å². The van der Waals surface area contributed by atoms with Gasteiger partial charge in [0.15, 0.2) is 0 Å². The van der Waals surface area contributed by atoms with E-state index in [1.54, 1.807) is 6.07 Å². The third-order valence-electron chi connectivity index (χ3n) is 3.88. The van der Waals surface area contributed by atoms with E-state index in [4.69, 9.17) is 5.73 Å². The number of phenolic OH excluding ortho intramolecular Hbond substituents is 1. The molecule has 0 spiro atoms. The van der Waals surface area contributed by atoms with Crippen molar-refractivity contribution in [1.82, 2.24) is 0 Å². The van der Waals surface area contributed by atoms with Crippen LogP contribution >= 0.6 is 12.4 Å². The van der Waals surface area contributed by atoms with Crippen LogP contribution in [0.3, 0.4) is 0 Å². The van der Waals surface area contributed by atoms with Crippen molar-refractivity contribution >= 4 is 12.4 Å². The second-order valence-corrected chi connectivity index (χ2v) is 5.07. The number of aromatic hydroxyl groups is 1. The lowest BCUT2D eigenvalue weighted by atomic mass is 9.90. The molecule has 3 nitrogen and oxygen atoms in total. The number of benzene rings is 1. The summed E-state index contributed by atoms with van der Waals surface area (Å²) in [5, 5.41) is 20.2. The summed E-state index contributed by atoms with van der Waals surface area (Å²) < 4.78 is 0. The summed E-state index contributed by atoms with van der Waals surface area (Å²) in [6, 6.07) is 5.02. The van der Waals surface area contributed by atoms with E-state index in [0.29, 0.717) is 5.56 Å². The number of rotatable bonds is 3. The van der Waals surface area contributed by atoms with Gasteiger partial charge < -0.3 is 15.9 Å². The molecule has 2 rings (SSSR count). The van der Waals surface area contributed by atoms with E-state index in [1.807, 2.05) is 19.1 Å². The monoisotopic (exact) mass is 271 g/mol. The smallest absolute Gasteiger partial charge is 0.123 e. The molecule has 1 aromatic carbocycles. The largest absolute Gasteiger partial charge is 0.507 e. The maximum atomic E-state index is 10.3. The van der Waals surface area contributed by atoms with Crippen molar-refractivity contribution in [3.05, 3.63) is 29.3 Å². The summed E-state index contributed by atoms with van der Waals surface area (Å²) >= 11 is 0. The molecule has 2 atom stereocenters. The molecule has 1 saturated carbocycles. The molecule has 0 saturated heterocycles. The van der Waals surface area contributed by atoms with Crippen LogP contribution in [0, 0.1) is 12.8 Å². The molecule has 0 heterocycles. The summed E-state index contributed by atoms with van der Waals surface area (Å²) in [5.41, 5.74) is 7.54. The first-order chi connectivity index (χ1) is 8.11. The second-order valence-electron chi connectivity index (χ2n) is 5.07. The Balaban J connectivity index is 0.00000162. The standard InChI is InChI=1S/C14H21NO2.ClH/c1-9-5-4-8-11(13(9)16)12(15)14(17)10-6-2-3-7-10;/h4-5,8,10,12,14,16-17H,2-3,6-7,15H2,1H3;1H/t12-,14+;/m0./s1. The number of aliphatic hydroxyl groups excluding tert-OH is 1. The predicted molar refractivity (Wildman–Crippen MR) is 75.0 cm³/mol. The lowest BCUT2D eigenvalue weighted by Crippen LogP contribution is -2.32. The number of hydrogen-bond acceptors (Lipinski definition) is 3. The van der Waals surface area contributed by atoms with Crippen LogP contribution in [-0.4, -0.2) is 16.3 Å². The van der Waals surface area contributed by atoms with Gasteiger partial charge in [0.25, 0.3) is 0 Å². The van der Waals surface area contributed by atoms with E-state index in [-0.39, 0.29) is 24.1 Å². The molecule has 1 fully saturated rings. The zero-order valence-corrected chi connectivity index (χ0v) is 11.5. The molecule has 0 aromatic heterocycles. The quantitative estimate of drug-likeness (QED) is 0.792. The molecule has 0 amide bonds. The highest BCUT2D eigenvalue weighted by atomic mass is 35.5.